The van der Waals surface area contributed by atoms with E-state index in [4.69, 9.17) is 4.74 Å². The average molecular weight is 339 g/mol. The van der Waals surface area contributed by atoms with Crippen molar-refractivity contribution in [3.8, 4) is 11.5 Å². The highest BCUT2D eigenvalue weighted by Gasteiger charge is 2.18. The van der Waals surface area contributed by atoms with Gasteiger partial charge < -0.3 is 14.4 Å². The van der Waals surface area contributed by atoms with Crippen molar-refractivity contribution in [2.24, 2.45) is 0 Å². The van der Waals surface area contributed by atoms with Gasteiger partial charge in [0.1, 0.15) is 12.2 Å². The molecule has 7 heteroatoms. The van der Waals surface area contributed by atoms with E-state index in [0.29, 0.717) is 10.2 Å². The highest BCUT2D eigenvalue weighted by atomic mass is 79.9. The van der Waals surface area contributed by atoms with E-state index in [1.807, 2.05) is 12.1 Å². The van der Waals surface area contributed by atoms with Gasteiger partial charge in [0.2, 0.25) is 0 Å². The molecule has 1 aromatic carbocycles. The number of hydrogen-bond acceptors (Lipinski definition) is 5. The van der Waals surface area contributed by atoms with Crippen LogP contribution >= 0.6 is 15.9 Å². The first kappa shape index (κ1) is 13.4. The standard InChI is InChI=1S/C13H15BrN4O2/c1-20-11-5-9(4-10(14)13(11)19)6-17-2-3-18-8-15-16-12(18)7-17/h4-5,8,19H,2-3,6-7H2,1H3. The van der Waals surface area contributed by atoms with E-state index >= 15 is 0 Å². The maximum Gasteiger partial charge on any atom is 0.172 e. The number of rotatable bonds is 3. The van der Waals surface area contributed by atoms with Crippen LogP contribution in [0.4, 0.5) is 0 Å². The van der Waals surface area contributed by atoms with Crippen LogP contribution in [-0.4, -0.2) is 38.4 Å². The topological polar surface area (TPSA) is 63.4 Å². The van der Waals surface area contributed by atoms with Gasteiger partial charge in [-0.1, -0.05) is 0 Å². The smallest absolute Gasteiger partial charge is 0.172 e. The predicted octanol–water partition coefficient (Wildman–Crippen LogP) is 1.77. The van der Waals surface area contributed by atoms with Crippen molar-refractivity contribution in [3.63, 3.8) is 0 Å². The Balaban J connectivity index is 1.77. The van der Waals surface area contributed by atoms with Gasteiger partial charge in [0.05, 0.1) is 18.1 Å². The molecule has 0 atom stereocenters. The Morgan fingerprint density at radius 3 is 3.05 bits per heavy atom. The Morgan fingerprint density at radius 2 is 2.25 bits per heavy atom. The normalized spacial score (nSPS) is 15.1. The van der Waals surface area contributed by atoms with Crippen molar-refractivity contribution in [2.45, 2.75) is 19.6 Å². The minimum atomic E-state index is 0.134. The summed E-state index contributed by atoms with van der Waals surface area (Å²) in [6.45, 7) is 3.41. The molecule has 0 radical (unpaired) electrons. The molecule has 0 aliphatic carbocycles. The lowest BCUT2D eigenvalue weighted by Crippen LogP contribution is -2.33. The Bertz CT molecular complexity index is 629. The fraction of sp³-hybridized carbons (Fsp3) is 0.385. The van der Waals surface area contributed by atoms with Crippen LogP contribution in [0.15, 0.2) is 22.9 Å². The first-order valence-electron chi connectivity index (χ1n) is 6.32. The van der Waals surface area contributed by atoms with Gasteiger partial charge in [0, 0.05) is 19.6 Å². The minimum Gasteiger partial charge on any atom is -0.503 e. The predicted molar refractivity (Wildman–Crippen MR) is 76.5 cm³/mol. The number of nitrogens with zero attached hydrogens (tertiary/aromatic N) is 4. The SMILES string of the molecule is COc1cc(CN2CCn3cnnc3C2)cc(Br)c1O. The molecule has 6 nitrogen and oxygen atoms in total. The lowest BCUT2D eigenvalue weighted by atomic mass is 10.1. The number of methoxy groups -OCH3 is 1. The van der Waals surface area contributed by atoms with Crippen molar-refractivity contribution in [1.82, 2.24) is 19.7 Å². The van der Waals surface area contributed by atoms with Gasteiger partial charge in [-0.3, -0.25) is 4.90 Å². The van der Waals surface area contributed by atoms with Gasteiger partial charge in [-0.05, 0) is 33.6 Å². The van der Waals surface area contributed by atoms with Gasteiger partial charge in [0.15, 0.2) is 11.5 Å². The number of benzene rings is 1. The van der Waals surface area contributed by atoms with Gasteiger partial charge in [0.25, 0.3) is 0 Å². The van der Waals surface area contributed by atoms with E-state index in [9.17, 15) is 5.11 Å². The molecule has 2 heterocycles. The molecule has 0 bridgehead atoms. The quantitative estimate of drug-likeness (QED) is 0.923. The number of aromatic nitrogens is 3. The van der Waals surface area contributed by atoms with Gasteiger partial charge in [-0.15, -0.1) is 10.2 Å². The second-order valence-electron chi connectivity index (χ2n) is 4.78. The number of phenolic OH excluding ortho intramolecular Hbond substituents is 1. The fourth-order valence-corrected chi connectivity index (χ4v) is 2.87. The summed E-state index contributed by atoms with van der Waals surface area (Å²) in [4.78, 5) is 2.29. The summed E-state index contributed by atoms with van der Waals surface area (Å²) in [6, 6.07) is 3.77. The zero-order valence-corrected chi connectivity index (χ0v) is 12.7. The van der Waals surface area contributed by atoms with Crippen LogP contribution in [0.25, 0.3) is 0 Å². The summed E-state index contributed by atoms with van der Waals surface area (Å²) >= 11 is 3.35. The molecule has 0 unspecified atom stereocenters. The number of phenols is 1. The van der Waals surface area contributed by atoms with Gasteiger partial charge in [-0.2, -0.15) is 0 Å². The largest absolute Gasteiger partial charge is 0.503 e. The Labute approximate surface area is 125 Å². The first-order valence-corrected chi connectivity index (χ1v) is 7.11. The number of halogens is 1. The molecule has 106 valence electrons. The Hall–Kier alpha value is -1.60. The molecule has 1 aliphatic heterocycles. The van der Waals surface area contributed by atoms with E-state index < -0.39 is 0 Å². The van der Waals surface area contributed by atoms with Gasteiger partial charge in [-0.25, -0.2) is 0 Å². The van der Waals surface area contributed by atoms with E-state index in [-0.39, 0.29) is 5.75 Å². The Kier molecular flexibility index (Phi) is 3.62. The fourth-order valence-electron chi connectivity index (χ4n) is 2.38. The van der Waals surface area contributed by atoms with Crippen molar-refractivity contribution in [2.75, 3.05) is 13.7 Å². The van der Waals surface area contributed by atoms with E-state index in [0.717, 1.165) is 37.6 Å². The van der Waals surface area contributed by atoms with Crippen LogP contribution in [-0.2, 0) is 19.6 Å². The second kappa shape index (κ2) is 5.41. The summed E-state index contributed by atoms with van der Waals surface area (Å²) < 4.78 is 7.89. The molecule has 0 spiro atoms. The van der Waals surface area contributed by atoms with Crippen molar-refractivity contribution in [3.05, 3.63) is 34.3 Å². The van der Waals surface area contributed by atoms with Crippen LogP contribution in [0.3, 0.4) is 0 Å². The van der Waals surface area contributed by atoms with Crippen LogP contribution in [0.5, 0.6) is 11.5 Å². The molecule has 1 aromatic heterocycles. The lowest BCUT2D eigenvalue weighted by Gasteiger charge is -2.27. The van der Waals surface area contributed by atoms with Crippen molar-refractivity contribution < 1.29 is 9.84 Å². The number of hydrogen-bond donors (Lipinski definition) is 1. The molecule has 0 saturated heterocycles. The first-order chi connectivity index (χ1) is 9.67. The molecule has 20 heavy (non-hydrogen) atoms. The van der Waals surface area contributed by atoms with Crippen molar-refractivity contribution in [1.29, 1.82) is 0 Å². The number of aromatic hydroxyl groups is 1. The van der Waals surface area contributed by atoms with Crippen LogP contribution < -0.4 is 4.74 Å². The number of ether oxygens (including phenoxy) is 1. The molecular weight excluding hydrogens is 324 g/mol. The van der Waals surface area contributed by atoms with E-state index in [2.05, 4.69) is 35.6 Å². The van der Waals surface area contributed by atoms with Crippen LogP contribution in [0.1, 0.15) is 11.4 Å². The highest BCUT2D eigenvalue weighted by Crippen LogP contribution is 2.35. The third kappa shape index (κ3) is 2.51. The van der Waals surface area contributed by atoms with E-state index in [1.165, 1.54) is 0 Å². The number of fused-ring (bicyclic) bond motifs is 1. The zero-order chi connectivity index (χ0) is 14.1. The summed E-state index contributed by atoms with van der Waals surface area (Å²) in [5.74, 6) is 1.60. The molecular formula is C13H15BrN4O2. The second-order valence-corrected chi connectivity index (χ2v) is 5.63. The summed E-state index contributed by atoms with van der Waals surface area (Å²) in [6.07, 6.45) is 1.77. The summed E-state index contributed by atoms with van der Waals surface area (Å²) in [7, 11) is 1.55. The van der Waals surface area contributed by atoms with Crippen LogP contribution in [0, 0.1) is 0 Å². The van der Waals surface area contributed by atoms with Crippen LogP contribution in [0.2, 0.25) is 0 Å². The Morgan fingerprint density at radius 1 is 1.40 bits per heavy atom. The van der Waals surface area contributed by atoms with E-state index in [1.54, 1.807) is 13.4 Å². The third-order valence-corrected chi connectivity index (χ3v) is 4.04. The molecule has 2 aromatic rings. The molecule has 0 fully saturated rings. The van der Waals surface area contributed by atoms with Crippen molar-refractivity contribution >= 4 is 15.9 Å². The molecule has 0 amide bonds. The monoisotopic (exact) mass is 338 g/mol. The summed E-state index contributed by atoms with van der Waals surface area (Å²) in [5.41, 5.74) is 1.08. The van der Waals surface area contributed by atoms with Gasteiger partial charge >= 0.3 is 0 Å². The average Bonchev–Trinajstić information content (AvgIpc) is 2.90. The maximum atomic E-state index is 9.82. The molecule has 3 rings (SSSR count). The highest BCUT2D eigenvalue weighted by molar-refractivity contribution is 9.10. The zero-order valence-electron chi connectivity index (χ0n) is 11.1. The third-order valence-electron chi connectivity index (χ3n) is 3.43. The molecule has 0 saturated carbocycles. The molecule has 1 aliphatic rings. The minimum absolute atomic E-state index is 0.134. The molecule has 1 N–H and O–H groups in total. The summed E-state index contributed by atoms with van der Waals surface area (Å²) in [5, 5.41) is 17.9. The lowest BCUT2D eigenvalue weighted by molar-refractivity contribution is 0.208. The maximum absolute atomic E-state index is 9.82.